The Kier molecular flexibility index (Phi) is 4.97. The van der Waals surface area contributed by atoms with Crippen LogP contribution in [-0.2, 0) is 0 Å². The number of piperidine rings is 1. The summed E-state index contributed by atoms with van der Waals surface area (Å²) in [6.45, 7) is 4.12. The highest BCUT2D eigenvalue weighted by atomic mass is 35.5. The van der Waals surface area contributed by atoms with Gasteiger partial charge in [0, 0.05) is 41.8 Å². The number of benzene rings is 2. The molecule has 0 unspecified atom stereocenters. The first-order valence-electron chi connectivity index (χ1n) is 9.55. The van der Waals surface area contributed by atoms with E-state index in [9.17, 15) is 5.11 Å². The van der Waals surface area contributed by atoms with Crippen LogP contribution in [0.25, 0.3) is 0 Å². The minimum absolute atomic E-state index is 0.167. The molecule has 4 rings (SSSR count). The summed E-state index contributed by atoms with van der Waals surface area (Å²) in [5, 5.41) is 14.9. The number of hydrogen-bond acceptors (Lipinski definition) is 4. The van der Waals surface area contributed by atoms with Gasteiger partial charge < -0.3 is 10.0 Å². The van der Waals surface area contributed by atoms with E-state index < -0.39 is 0 Å². The molecule has 2 aromatic carbocycles. The maximum atomic E-state index is 10.4. The molecule has 142 valence electrons. The van der Waals surface area contributed by atoms with Crippen LogP contribution in [0, 0.1) is 6.92 Å². The van der Waals surface area contributed by atoms with E-state index in [0.29, 0.717) is 5.02 Å². The molecule has 0 saturated carbocycles. The van der Waals surface area contributed by atoms with E-state index in [1.54, 1.807) is 12.1 Å². The lowest BCUT2D eigenvalue weighted by Crippen LogP contribution is -2.55. The molecule has 0 aromatic heterocycles. The molecule has 2 heterocycles. The van der Waals surface area contributed by atoms with Gasteiger partial charge in [-0.3, -0.25) is 10.3 Å². The minimum Gasteiger partial charge on any atom is -0.507 e. The van der Waals surface area contributed by atoms with Crippen molar-refractivity contribution in [3.63, 3.8) is 0 Å². The minimum atomic E-state index is -0.287. The van der Waals surface area contributed by atoms with Crippen LogP contribution < -0.4 is 5.32 Å². The SMILES string of the molecule is Cc1ccc([C@@H]2CC(c3cc(Cl)ccc3O)=NC3(CCN(C)CC3)N2)cc1. The van der Waals surface area contributed by atoms with Crippen molar-refractivity contribution >= 4 is 17.3 Å². The third kappa shape index (κ3) is 3.88. The number of rotatable bonds is 2. The molecule has 0 radical (unpaired) electrons. The van der Waals surface area contributed by atoms with Gasteiger partial charge in [0.2, 0.25) is 0 Å². The van der Waals surface area contributed by atoms with Crippen LogP contribution >= 0.6 is 11.6 Å². The molecule has 4 nitrogen and oxygen atoms in total. The van der Waals surface area contributed by atoms with E-state index in [0.717, 1.165) is 43.6 Å². The van der Waals surface area contributed by atoms with Gasteiger partial charge in [-0.25, -0.2) is 0 Å². The highest BCUT2D eigenvalue weighted by Gasteiger charge is 2.39. The Hall–Kier alpha value is -1.88. The molecule has 2 aromatic rings. The van der Waals surface area contributed by atoms with Crippen LogP contribution in [0.3, 0.4) is 0 Å². The first-order valence-corrected chi connectivity index (χ1v) is 9.92. The number of phenolic OH excluding ortho intramolecular Hbond substituents is 1. The predicted octanol–water partition coefficient (Wildman–Crippen LogP) is 4.30. The molecule has 1 atom stereocenters. The number of hydrogen-bond donors (Lipinski definition) is 2. The summed E-state index contributed by atoms with van der Waals surface area (Å²) in [5.41, 5.74) is 3.91. The van der Waals surface area contributed by atoms with Gasteiger partial charge in [-0.05, 0) is 50.6 Å². The van der Waals surface area contributed by atoms with E-state index in [1.807, 2.05) is 6.07 Å². The van der Waals surface area contributed by atoms with Crippen LogP contribution in [0.15, 0.2) is 47.5 Å². The fourth-order valence-electron chi connectivity index (χ4n) is 4.06. The normalized spacial score (nSPS) is 22.6. The van der Waals surface area contributed by atoms with Crippen molar-refractivity contribution in [2.45, 2.75) is 37.9 Å². The summed E-state index contributed by atoms with van der Waals surface area (Å²) in [5.74, 6) is 0.241. The smallest absolute Gasteiger partial charge is 0.124 e. The lowest BCUT2D eigenvalue weighted by molar-refractivity contribution is 0.144. The Morgan fingerprint density at radius 3 is 2.56 bits per heavy atom. The number of aromatic hydroxyl groups is 1. The van der Waals surface area contributed by atoms with Crippen LogP contribution in [0.2, 0.25) is 5.02 Å². The number of aliphatic imine (C=N–C) groups is 1. The van der Waals surface area contributed by atoms with E-state index in [2.05, 4.69) is 48.5 Å². The monoisotopic (exact) mass is 383 g/mol. The highest BCUT2D eigenvalue weighted by molar-refractivity contribution is 6.31. The van der Waals surface area contributed by atoms with Gasteiger partial charge in [0.1, 0.15) is 11.4 Å². The maximum Gasteiger partial charge on any atom is 0.124 e. The molecule has 1 saturated heterocycles. The maximum absolute atomic E-state index is 10.4. The van der Waals surface area contributed by atoms with Gasteiger partial charge >= 0.3 is 0 Å². The summed E-state index contributed by atoms with van der Waals surface area (Å²) in [7, 11) is 2.15. The van der Waals surface area contributed by atoms with Crippen molar-refractivity contribution in [2.75, 3.05) is 20.1 Å². The Labute approximate surface area is 165 Å². The number of halogens is 1. The molecule has 2 aliphatic rings. The first-order chi connectivity index (χ1) is 12.9. The van der Waals surface area contributed by atoms with Crippen LogP contribution in [0.5, 0.6) is 5.75 Å². The van der Waals surface area contributed by atoms with Crippen molar-refractivity contribution in [3.8, 4) is 5.75 Å². The van der Waals surface area contributed by atoms with Gasteiger partial charge in [-0.15, -0.1) is 0 Å². The number of aryl methyl sites for hydroxylation is 1. The average Bonchev–Trinajstić information content (AvgIpc) is 2.66. The third-order valence-corrected chi connectivity index (χ3v) is 5.99. The quantitative estimate of drug-likeness (QED) is 0.812. The van der Waals surface area contributed by atoms with Crippen molar-refractivity contribution in [1.29, 1.82) is 0 Å². The van der Waals surface area contributed by atoms with Gasteiger partial charge in [-0.1, -0.05) is 41.4 Å². The fourth-order valence-corrected chi connectivity index (χ4v) is 4.23. The lowest BCUT2D eigenvalue weighted by Gasteiger charge is -2.44. The zero-order chi connectivity index (χ0) is 19.0. The van der Waals surface area contributed by atoms with Crippen LogP contribution in [0.1, 0.15) is 42.0 Å². The van der Waals surface area contributed by atoms with E-state index in [1.165, 1.54) is 11.1 Å². The lowest BCUT2D eigenvalue weighted by atomic mass is 9.87. The van der Waals surface area contributed by atoms with Crippen molar-refractivity contribution < 1.29 is 5.11 Å². The van der Waals surface area contributed by atoms with Crippen molar-refractivity contribution in [1.82, 2.24) is 10.2 Å². The summed E-state index contributed by atoms with van der Waals surface area (Å²) < 4.78 is 0. The van der Waals surface area contributed by atoms with Crippen molar-refractivity contribution in [2.24, 2.45) is 4.99 Å². The second-order valence-corrected chi connectivity index (χ2v) is 8.30. The van der Waals surface area contributed by atoms with Gasteiger partial charge in [0.25, 0.3) is 0 Å². The van der Waals surface area contributed by atoms with Crippen LogP contribution in [-0.4, -0.2) is 41.5 Å². The molecule has 27 heavy (non-hydrogen) atoms. The summed E-state index contributed by atoms with van der Waals surface area (Å²) in [6, 6.07) is 14.1. The Balaban J connectivity index is 1.75. The summed E-state index contributed by atoms with van der Waals surface area (Å²) in [6.07, 6.45) is 2.64. The van der Waals surface area contributed by atoms with Gasteiger partial charge in [0.05, 0.1) is 0 Å². The topological polar surface area (TPSA) is 47.9 Å². The predicted molar refractivity (Wildman–Crippen MR) is 111 cm³/mol. The van der Waals surface area contributed by atoms with Gasteiger partial charge in [0.15, 0.2) is 0 Å². The second kappa shape index (κ2) is 7.27. The fraction of sp³-hybridized carbons (Fsp3) is 0.409. The number of phenols is 1. The molecule has 1 spiro atoms. The van der Waals surface area contributed by atoms with Crippen molar-refractivity contribution in [3.05, 3.63) is 64.2 Å². The summed E-state index contributed by atoms with van der Waals surface area (Å²) >= 11 is 6.21. The number of nitrogens with one attached hydrogen (secondary N) is 1. The van der Waals surface area contributed by atoms with Crippen LogP contribution in [0.4, 0.5) is 0 Å². The molecular weight excluding hydrogens is 358 g/mol. The third-order valence-electron chi connectivity index (χ3n) is 5.75. The molecule has 0 bridgehead atoms. The molecule has 0 aliphatic carbocycles. The molecule has 5 heteroatoms. The molecule has 2 N–H and O–H groups in total. The molecule has 0 amide bonds. The van der Waals surface area contributed by atoms with E-state index >= 15 is 0 Å². The highest BCUT2D eigenvalue weighted by Crippen LogP contribution is 2.36. The molecule has 2 aliphatic heterocycles. The zero-order valence-electron chi connectivity index (χ0n) is 15.9. The Morgan fingerprint density at radius 1 is 1.15 bits per heavy atom. The first kappa shape index (κ1) is 18.5. The second-order valence-electron chi connectivity index (χ2n) is 7.87. The largest absolute Gasteiger partial charge is 0.507 e. The molecule has 1 fully saturated rings. The number of nitrogens with zero attached hydrogens (tertiary/aromatic N) is 2. The summed E-state index contributed by atoms with van der Waals surface area (Å²) in [4.78, 5) is 7.47. The zero-order valence-corrected chi connectivity index (χ0v) is 16.6. The van der Waals surface area contributed by atoms with Gasteiger partial charge in [-0.2, -0.15) is 0 Å². The molecular formula is C22H26ClN3O. The Morgan fingerprint density at radius 2 is 1.85 bits per heavy atom. The standard InChI is InChI=1S/C22H26ClN3O/c1-15-3-5-16(6-4-15)19-14-20(18-13-17(23)7-8-21(18)27)25-22(24-19)9-11-26(2)12-10-22/h3-8,13,19,24,27H,9-12,14H2,1-2H3/t19-/m0/s1. The Bertz CT molecular complexity index is 854. The van der Waals surface area contributed by atoms with E-state index in [-0.39, 0.29) is 17.5 Å². The average molecular weight is 384 g/mol. The van der Waals surface area contributed by atoms with E-state index in [4.69, 9.17) is 16.6 Å². The number of likely N-dealkylation sites (tertiary alicyclic amines) is 1.